The van der Waals surface area contributed by atoms with Gasteiger partial charge in [0.1, 0.15) is 12.7 Å². The second-order valence-electron chi connectivity index (χ2n) is 5.28. The van der Waals surface area contributed by atoms with Gasteiger partial charge in [-0.3, -0.25) is 14.5 Å². The quantitative estimate of drug-likeness (QED) is 0.748. The van der Waals surface area contributed by atoms with Gasteiger partial charge in [-0.25, -0.2) is 4.98 Å². The lowest BCUT2D eigenvalue weighted by Gasteiger charge is -2.19. The van der Waals surface area contributed by atoms with Gasteiger partial charge in [0.2, 0.25) is 0 Å². The number of aryl methyl sites for hydroxylation is 1. The summed E-state index contributed by atoms with van der Waals surface area (Å²) in [6.45, 7) is 0.646. The van der Waals surface area contributed by atoms with Crippen LogP contribution in [0.25, 0.3) is 0 Å². The molecule has 2 aromatic heterocycles. The molecule has 1 amide bonds. The molecule has 2 heterocycles. The second-order valence-corrected chi connectivity index (χ2v) is 5.71. The molecule has 1 aromatic carbocycles. The summed E-state index contributed by atoms with van der Waals surface area (Å²) in [6, 6.07) is 11.3. The van der Waals surface area contributed by atoms with E-state index in [1.807, 2.05) is 30.3 Å². The van der Waals surface area contributed by atoms with Crippen molar-refractivity contribution in [3.05, 3.63) is 77.6 Å². The van der Waals surface area contributed by atoms with Crippen molar-refractivity contribution in [1.82, 2.24) is 25.1 Å². The number of hydrogen-bond acceptors (Lipinski definition) is 4. The Morgan fingerprint density at radius 1 is 1.21 bits per heavy atom. The normalized spacial score (nSPS) is 11.9. The minimum atomic E-state index is -0.211. The van der Waals surface area contributed by atoms with Gasteiger partial charge < -0.3 is 5.32 Å². The van der Waals surface area contributed by atoms with Crippen molar-refractivity contribution < 1.29 is 4.79 Å². The van der Waals surface area contributed by atoms with Gasteiger partial charge in [0.05, 0.1) is 16.6 Å². The van der Waals surface area contributed by atoms with Gasteiger partial charge in [0.25, 0.3) is 5.91 Å². The lowest BCUT2D eigenvalue weighted by molar-refractivity contribution is 0.0933. The van der Waals surface area contributed by atoms with Crippen molar-refractivity contribution >= 4 is 17.5 Å². The molecule has 1 N–H and O–H groups in total. The number of halogens is 1. The molecular formula is C17H16ClN5O. The summed E-state index contributed by atoms with van der Waals surface area (Å²) in [6.07, 6.45) is 6.84. The Morgan fingerprint density at radius 3 is 2.75 bits per heavy atom. The van der Waals surface area contributed by atoms with Crippen LogP contribution >= 0.6 is 11.6 Å². The topological polar surface area (TPSA) is 72.7 Å². The zero-order chi connectivity index (χ0) is 16.8. The number of nitrogens with one attached hydrogen (secondary N) is 1. The van der Waals surface area contributed by atoms with Crippen molar-refractivity contribution in [1.29, 1.82) is 0 Å². The third-order valence-corrected chi connectivity index (χ3v) is 3.79. The highest BCUT2D eigenvalue weighted by molar-refractivity contribution is 6.30. The predicted molar refractivity (Wildman–Crippen MR) is 90.5 cm³/mol. The average molecular weight is 342 g/mol. The largest absolute Gasteiger partial charge is 0.345 e. The summed E-state index contributed by atoms with van der Waals surface area (Å²) >= 11 is 5.91. The predicted octanol–water partition coefficient (Wildman–Crippen LogP) is 2.89. The van der Waals surface area contributed by atoms with Gasteiger partial charge in [-0.15, -0.1) is 0 Å². The first-order valence-electron chi connectivity index (χ1n) is 7.51. The Labute approximate surface area is 144 Å². The van der Waals surface area contributed by atoms with E-state index in [9.17, 15) is 4.79 Å². The molecule has 7 heteroatoms. The molecule has 1 unspecified atom stereocenters. The molecule has 0 saturated heterocycles. The SMILES string of the molecule is O=C(NC(CCn1cncn1)c1ccccc1)c1cncc(Cl)c1. The monoisotopic (exact) mass is 341 g/mol. The number of pyridine rings is 1. The fourth-order valence-corrected chi connectivity index (χ4v) is 2.57. The van der Waals surface area contributed by atoms with Gasteiger partial charge >= 0.3 is 0 Å². The van der Waals surface area contributed by atoms with Gasteiger partial charge in [-0.05, 0) is 18.1 Å². The Kier molecular flexibility index (Phi) is 5.18. The van der Waals surface area contributed by atoms with Gasteiger partial charge in [0.15, 0.2) is 0 Å². The van der Waals surface area contributed by atoms with E-state index in [4.69, 9.17) is 11.6 Å². The minimum absolute atomic E-state index is 0.151. The number of nitrogens with zero attached hydrogens (tertiary/aromatic N) is 4. The number of carbonyl (C=O) groups is 1. The Morgan fingerprint density at radius 2 is 2.04 bits per heavy atom. The van der Waals surface area contributed by atoms with Crippen LogP contribution in [0, 0.1) is 0 Å². The third-order valence-electron chi connectivity index (χ3n) is 3.59. The summed E-state index contributed by atoms with van der Waals surface area (Å²) in [5, 5.41) is 7.57. The molecule has 24 heavy (non-hydrogen) atoms. The molecule has 0 saturated carbocycles. The van der Waals surface area contributed by atoms with E-state index in [0.717, 1.165) is 5.56 Å². The maximum atomic E-state index is 12.5. The molecule has 0 aliphatic heterocycles. The molecule has 0 bridgehead atoms. The Bertz CT molecular complexity index is 792. The smallest absolute Gasteiger partial charge is 0.253 e. The number of amides is 1. The van der Waals surface area contributed by atoms with E-state index in [1.165, 1.54) is 18.7 Å². The fraction of sp³-hybridized carbons (Fsp3) is 0.176. The van der Waals surface area contributed by atoms with E-state index in [2.05, 4.69) is 20.4 Å². The van der Waals surface area contributed by atoms with Crippen LogP contribution in [0.15, 0.2) is 61.4 Å². The molecule has 3 aromatic rings. The highest BCUT2D eigenvalue weighted by Crippen LogP contribution is 2.18. The third kappa shape index (κ3) is 4.17. The minimum Gasteiger partial charge on any atom is -0.345 e. The molecule has 0 aliphatic carbocycles. The molecule has 0 aliphatic rings. The number of rotatable bonds is 6. The van der Waals surface area contributed by atoms with Crippen LogP contribution in [0.3, 0.4) is 0 Å². The molecule has 0 spiro atoms. The van der Waals surface area contributed by atoms with E-state index < -0.39 is 0 Å². The summed E-state index contributed by atoms with van der Waals surface area (Å²) < 4.78 is 1.74. The van der Waals surface area contributed by atoms with Gasteiger partial charge in [0, 0.05) is 18.9 Å². The summed E-state index contributed by atoms with van der Waals surface area (Å²) in [4.78, 5) is 20.4. The summed E-state index contributed by atoms with van der Waals surface area (Å²) in [7, 11) is 0. The first-order chi connectivity index (χ1) is 11.7. The van der Waals surface area contributed by atoms with Crippen molar-refractivity contribution in [2.24, 2.45) is 0 Å². The van der Waals surface area contributed by atoms with E-state index >= 15 is 0 Å². The lowest BCUT2D eigenvalue weighted by atomic mass is 10.0. The zero-order valence-corrected chi connectivity index (χ0v) is 13.6. The molecular weight excluding hydrogens is 326 g/mol. The first kappa shape index (κ1) is 16.1. The first-order valence-corrected chi connectivity index (χ1v) is 7.89. The standard InChI is InChI=1S/C17H16ClN5O/c18-15-8-14(9-19-10-15)17(24)22-16(13-4-2-1-3-5-13)6-7-23-12-20-11-21-23/h1-5,8-12,16H,6-7H2,(H,22,24). The van der Waals surface area contributed by atoms with Crippen LogP contribution < -0.4 is 5.32 Å². The van der Waals surface area contributed by atoms with Crippen LogP contribution in [0.5, 0.6) is 0 Å². The van der Waals surface area contributed by atoms with Crippen LogP contribution in [0.4, 0.5) is 0 Å². The molecule has 0 fully saturated rings. The molecule has 122 valence electrons. The zero-order valence-electron chi connectivity index (χ0n) is 12.8. The van der Waals surface area contributed by atoms with Crippen molar-refractivity contribution in [2.75, 3.05) is 0 Å². The maximum Gasteiger partial charge on any atom is 0.253 e. The number of hydrogen-bond donors (Lipinski definition) is 1. The maximum absolute atomic E-state index is 12.5. The van der Waals surface area contributed by atoms with Crippen molar-refractivity contribution in [2.45, 2.75) is 19.0 Å². The Balaban J connectivity index is 1.75. The number of benzene rings is 1. The summed E-state index contributed by atoms with van der Waals surface area (Å²) in [5.41, 5.74) is 1.46. The van der Waals surface area contributed by atoms with Gasteiger partial charge in [-0.1, -0.05) is 41.9 Å². The molecule has 3 rings (SSSR count). The Hall–Kier alpha value is -2.73. The number of aromatic nitrogens is 4. The lowest BCUT2D eigenvalue weighted by Crippen LogP contribution is -2.29. The van der Waals surface area contributed by atoms with Crippen LogP contribution in [-0.4, -0.2) is 25.7 Å². The molecule has 0 radical (unpaired) electrons. The average Bonchev–Trinajstić information content (AvgIpc) is 3.12. The number of carbonyl (C=O) groups excluding carboxylic acids is 1. The molecule has 6 nitrogen and oxygen atoms in total. The van der Waals surface area contributed by atoms with E-state index in [1.54, 1.807) is 17.1 Å². The van der Waals surface area contributed by atoms with E-state index in [-0.39, 0.29) is 11.9 Å². The van der Waals surface area contributed by atoms with Crippen LogP contribution in [-0.2, 0) is 6.54 Å². The van der Waals surface area contributed by atoms with Crippen LogP contribution in [0.2, 0.25) is 5.02 Å². The van der Waals surface area contributed by atoms with Crippen molar-refractivity contribution in [3.8, 4) is 0 Å². The summed E-state index contributed by atoms with van der Waals surface area (Å²) in [5.74, 6) is -0.211. The van der Waals surface area contributed by atoms with E-state index in [0.29, 0.717) is 23.6 Å². The molecule has 1 atom stereocenters. The van der Waals surface area contributed by atoms with Crippen LogP contribution in [0.1, 0.15) is 28.4 Å². The van der Waals surface area contributed by atoms with Gasteiger partial charge in [-0.2, -0.15) is 5.10 Å². The fourth-order valence-electron chi connectivity index (χ4n) is 2.39. The highest BCUT2D eigenvalue weighted by atomic mass is 35.5. The van der Waals surface area contributed by atoms with Crippen molar-refractivity contribution in [3.63, 3.8) is 0 Å². The second kappa shape index (κ2) is 7.70. The highest BCUT2D eigenvalue weighted by Gasteiger charge is 2.16.